The smallest absolute Gasteiger partial charge is 0.0974 e. The third kappa shape index (κ3) is 4.40. The van der Waals surface area contributed by atoms with Crippen LogP contribution in [0.3, 0.4) is 0 Å². The highest BCUT2D eigenvalue weighted by atomic mass is 16.5. The molecule has 6 atom stereocenters. The molecule has 3 heterocycles. The number of pyridine rings is 1. The van der Waals surface area contributed by atoms with Gasteiger partial charge in [0.15, 0.2) is 0 Å². The molecule has 2 aromatic rings. The van der Waals surface area contributed by atoms with Crippen LogP contribution in [0.15, 0.2) is 60.0 Å². The fourth-order valence-electron chi connectivity index (χ4n) is 9.25. The van der Waals surface area contributed by atoms with Gasteiger partial charge in [0.1, 0.15) is 0 Å². The molecule has 3 aliphatic carbocycles. The summed E-state index contributed by atoms with van der Waals surface area (Å²) in [4.78, 5) is 4.40. The second kappa shape index (κ2) is 10.7. The van der Waals surface area contributed by atoms with E-state index in [0.29, 0.717) is 31.1 Å². The summed E-state index contributed by atoms with van der Waals surface area (Å²) in [5, 5.41) is 6.35. The summed E-state index contributed by atoms with van der Waals surface area (Å²) >= 11 is 0. The number of ether oxygens (including phenoxy) is 3. The van der Waals surface area contributed by atoms with Crippen LogP contribution in [0.1, 0.15) is 83.1 Å². The van der Waals surface area contributed by atoms with Crippen molar-refractivity contribution in [2.24, 2.45) is 11.3 Å². The van der Waals surface area contributed by atoms with E-state index in [0.717, 1.165) is 45.4 Å². The van der Waals surface area contributed by atoms with E-state index >= 15 is 0 Å². The first-order valence-electron chi connectivity index (χ1n) is 15.9. The quantitative estimate of drug-likeness (QED) is 0.332. The molecule has 3 fully saturated rings. The first-order chi connectivity index (χ1) is 19.6. The maximum absolute atomic E-state index is 7.49. The zero-order valence-corrected chi connectivity index (χ0v) is 24.4. The summed E-state index contributed by atoms with van der Waals surface area (Å²) < 4.78 is 18.8. The second-order valence-electron chi connectivity index (χ2n) is 13.3. The molecular weight excluding hydrogens is 496 g/mol. The molecular formula is C35H46N2O3. The van der Waals surface area contributed by atoms with E-state index in [1.807, 2.05) is 12.4 Å². The molecule has 1 aromatic carbocycles. The fraction of sp³-hybridized carbons (Fsp3) is 0.629. The van der Waals surface area contributed by atoms with Crippen molar-refractivity contribution in [1.29, 1.82) is 0 Å². The van der Waals surface area contributed by atoms with E-state index in [-0.39, 0.29) is 16.6 Å². The summed E-state index contributed by atoms with van der Waals surface area (Å²) in [6, 6.07) is 9.70. The van der Waals surface area contributed by atoms with Gasteiger partial charge in [0.05, 0.1) is 31.0 Å². The standard InChI is InChI=1S/C35H46N2O3/c1-3-17-38-19-20-39-18-16-37-30-7-6-28-22-29-10-12-33(2)31(26-5-4-25-11-15-36-24-27(25)21-26)8-9-32(33)35(29)14-13-34(28,23-30)40-35/h4-5,10-11,15,21-22,24,30-32,37H,3,6-9,12-14,16-20,23H2,1-2H3/t30-,31+,32+,33+,34+,35+/m0/s1. The van der Waals surface area contributed by atoms with Crippen molar-refractivity contribution in [3.05, 3.63) is 65.5 Å². The topological polar surface area (TPSA) is 52.6 Å². The number of nitrogens with one attached hydrogen (secondary N) is 1. The van der Waals surface area contributed by atoms with Crippen molar-refractivity contribution in [2.75, 3.05) is 33.0 Å². The van der Waals surface area contributed by atoms with E-state index < -0.39 is 0 Å². The zero-order valence-electron chi connectivity index (χ0n) is 24.4. The summed E-state index contributed by atoms with van der Waals surface area (Å²) in [7, 11) is 0. The molecule has 0 radical (unpaired) electrons. The molecule has 0 amide bonds. The van der Waals surface area contributed by atoms with Crippen LogP contribution in [0.4, 0.5) is 0 Å². The summed E-state index contributed by atoms with van der Waals surface area (Å²) in [6.07, 6.45) is 19.6. The van der Waals surface area contributed by atoms with E-state index in [4.69, 9.17) is 14.2 Å². The minimum Gasteiger partial charge on any atom is -0.379 e. The molecule has 1 N–H and O–H groups in total. The second-order valence-corrected chi connectivity index (χ2v) is 13.3. The van der Waals surface area contributed by atoms with Gasteiger partial charge in [-0.3, -0.25) is 4.98 Å². The molecule has 5 aliphatic rings. The molecule has 2 spiro atoms. The largest absolute Gasteiger partial charge is 0.379 e. The Kier molecular flexibility index (Phi) is 7.14. The van der Waals surface area contributed by atoms with Crippen molar-refractivity contribution in [3.8, 4) is 0 Å². The van der Waals surface area contributed by atoms with Crippen LogP contribution in [0, 0.1) is 11.3 Å². The Hall–Kier alpha value is -2.05. The van der Waals surface area contributed by atoms with Crippen LogP contribution < -0.4 is 5.32 Å². The van der Waals surface area contributed by atoms with Crippen molar-refractivity contribution >= 4 is 10.8 Å². The number of allylic oxidation sites excluding steroid dienone is 1. The van der Waals surface area contributed by atoms with Crippen LogP contribution in [0.25, 0.3) is 10.8 Å². The maximum atomic E-state index is 7.49. The molecule has 5 nitrogen and oxygen atoms in total. The number of hydrogen-bond donors (Lipinski definition) is 1. The number of rotatable bonds is 10. The Morgan fingerprint density at radius 1 is 1.02 bits per heavy atom. The summed E-state index contributed by atoms with van der Waals surface area (Å²) in [5.74, 6) is 1.14. The summed E-state index contributed by atoms with van der Waals surface area (Å²) in [6.45, 7) is 8.54. The lowest BCUT2D eigenvalue weighted by atomic mass is 9.58. The van der Waals surface area contributed by atoms with E-state index in [9.17, 15) is 0 Å². The molecule has 5 heteroatoms. The van der Waals surface area contributed by atoms with Gasteiger partial charge in [0, 0.05) is 37.0 Å². The number of fused-ring (bicyclic) bond motifs is 2. The fourth-order valence-corrected chi connectivity index (χ4v) is 9.25. The van der Waals surface area contributed by atoms with Gasteiger partial charge in [0.2, 0.25) is 0 Å². The van der Waals surface area contributed by atoms with Gasteiger partial charge < -0.3 is 19.5 Å². The van der Waals surface area contributed by atoms with Crippen LogP contribution in [0.5, 0.6) is 0 Å². The molecule has 0 unspecified atom stereocenters. The van der Waals surface area contributed by atoms with Crippen molar-refractivity contribution in [3.63, 3.8) is 0 Å². The van der Waals surface area contributed by atoms with Crippen LogP contribution in [0.2, 0.25) is 0 Å². The minimum atomic E-state index is -0.104. The molecule has 1 saturated heterocycles. The summed E-state index contributed by atoms with van der Waals surface area (Å²) in [5.41, 5.74) is 4.60. The molecule has 40 heavy (non-hydrogen) atoms. The van der Waals surface area contributed by atoms with Crippen LogP contribution >= 0.6 is 0 Å². The van der Waals surface area contributed by atoms with E-state index in [1.165, 1.54) is 54.0 Å². The molecule has 1 aromatic heterocycles. The minimum absolute atomic E-state index is 0.0763. The third-order valence-corrected chi connectivity index (χ3v) is 11.1. The normalized spacial score (nSPS) is 36.1. The molecule has 2 aliphatic heterocycles. The Bertz CT molecular complexity index is 1300. The predicted molar refractivity (Wildman–Crippen MR) is 159 cm³/mol. The Balaban J connectivity index is 1.05. The van der Waals surface area contributed by atoms with Gasteiger partial charge in [-0.25, -0.2) is 0 Å². The average molecular weight is 543 g/mol. The van der Waals surface area contributed by atoms with Gasteiger partial charge in [0.25, 0.3) is 0 Å². The van der Waals surface area contributed by atoms with Gasteiger partial charge >= 0.3 is 0 Å². The van der Waals surface area contributed by atoms with Gasteiger partial charge in [-0.05, 0) is 109 Å². The Morgan fingerprint density at radius 2 is 1.93 bits per heavy atom. The van der Waals surface area contributed by atoms with Crippen molar-refractivity contribution in [1.82, 2.24) is 10.3 Å². The maximum Gasteiger partial charge on any atom is 0.0974 e. The molecule has 7 rings (SSSR count). The third-order valence-electron chi connectivity index (χ3n) is 11.1. The van der Waals surface area contributed by atoms with Crippen LogP contribution in [-0.2, 0) is 14.2 Å². The highest BCUT2D eigenvalue weighted by Crippen LogP contribution is 2.69. The van der Waals surface area contributed by atoms with E-state index in [2.05, 4.69) is 60.6 Å². The first kappa shape index (κ1) is 26.8. The highest BCUT2D eigenvalue weighted by molar-refractivity contribution is 5.82. The van der Waals surface area contributed by atoms with Crippen molar-refractivity contribution in [2.45, 2.75) is 94.8 Å². The number of benzene rings is 1. The lowest BCUT2D eigenvalue weighted by Gasteiger charge is -2.54. The molecule has 2 bridgehead atoms. The van der Waals surface area contributed by atoms with Crippen molar-refractivity contribution < 1.29 is 14.2 Å². The Labute approximate surface area is 239 Å². The monoisotopic (exact) mass is 542 g/mol. The number of nitrogens with zero attached hydrogens (tertiary/aromatic N) is 1. The Morgan fingerprint density at radius 3 is 2.83 bits per heavy atom. The predicted octanol–water partition coefficient (Wildman–Crippen LogP) is 6.88. The number of aromatic nitrogens is 1. The molecule has 2 saturated carbocycles. The SMILES string of the molecule is CCCOCCOCCN[C@H]1CCC2=CC3=CC[C@]4(C)[C@@H](c5ccc6ccncc6c5)CC[C@H]4[C@@]34CC[C@]2(C1)O4. The lowest BCUT2D eigenvalue weighted by molar-refractivity contribution is -0.136. The van der Waals surface area contributed by atoms with Gasteiger partial charge in [-0.1, -0.05) is 38.1 Å². The van der Waals surface area contributed by atoms with Crippen LogP contribution in [-0.4, -0.2) is 55.2 Å². The van der Waals surface area contributed by atoms with Gasteiger partial charge in [-0.2, -0.15) is 0 Å². The average Bonchev–Trinajstić information content (AvgIpc) is 3.49. The lowest BCUT2D eigenvalue weighted by Crippen LogP contribution is -2.55. The zero-order chi connectivity index (χ0) is 27.2. The van der Waals surface area contributed by atoms with E-state index in [1.54, 1.807) is 5.57 Å². The first-order valence-corrected chi connectivity index (χ1v) is 15.9. The van der Waals surface area contributed by atoms with Gasteiger partial charge in [-0.15, -0.1) is 0 Å². The number of hydrogen-bond acceptors (Lipinski definition) is 5. The molecule has 214 valence electrons. The highest BCUT2D eigenvalue weighted by Gasteiger charge is 2.66.